The number of pyridine rings is 1. The van der Waals surface area contributed by atoms with E-state index in [2.05, 4.69) is 22.2 Å². The van der Waals surface area contributed by atoms with Crippen LogP contribution in [0.3, 0.4) is 0 Å². The second kappa shape index (κ2) is 7.60. The third-order valence-corrected chi connectivity index (χ3v) is 6.56. The van der Waals surface area contributed by atoms with E-state index in [1.54, 1.807) is 4.90 Å². The number of alkyl halides is 3. The number of likely N-dealkylation sites (tertiary alicyclic amines) is 1. The standard InChI is InChI=1S/C22H23F3N4O3/c1-11-3-4-16-14(9-11)19(28-31-16)21(30)29-7-5-13(6-8-29)18-17-15(22(23,24)25)10-12(2)26-20(17)32-27-18/h10-11,13H,3-9H2,1-2H3/t11-/m1/s1. The molecule has 0 aromatic carbocycles. The minimum Gasteiger partial charge on any atom is -0.360 e. The number of aromatic nitrogens is 3. The van der Waals surface area contributed by atoms with Gasteiger partial charge < -0.3 is 13.9 Å². The molecule has 1 saturated heterocycles. The Balaban J connectivity index is 1.36. The van der Waals surface area contributed by atoms with E-state index in [0.717, 1.165) is 36.7 Å². The molecule has 2 aliphatic rings. The number of carbonyl (C=O) groups is 1. The van der Waals surface area contributed by atoms with Crippen LogP contribution in [-0.4, -0.2) is 39.2 Å². The molecule has 3 aromatic heterocycles. The molecule has 1 aliphatic carbocycles. The number of hydrogen-bond acceptors (Lipinski definition) is 6. The maximum absolute atomic E-state index is 13.6. The topological polar surface area (TPSA) is 85.3 Å². The van der Waals surface area contributed by atoms with Crippen molar-refractivity contribution in [2.45, 2.75) is 58.0 Å². The number of aryl methyl sites for hydroxylation is 2. The highest BCUT2D eigenvalue weighted by molar-refractivity contribution is 5.94. The van der Waals surface area contributed by atoms with E-state index in [0.29, 0.717) is 37.5 Å². The number of hydrogen-bond donors (Lipinski definition) is 0. The molecule has 0 bridgehead atoms. The second-order valence-electron chi connectivity index (χ2n) is 8.90. The largest absolute Gasteiger partial charge is 0.417 e. The smallest absolute Gasteiger partial charge is 0.360 e. The number of nitrogens with zero attached hydrogens (tertiary/aromatic N) is 4. The quantitative estimate of drug-likeness (QED) is 0.566. The van der Waals surface area contributed by atoms with E-state index < -0.39 is 11.7 Å². The summed E-state index contributed by atoms with van der Waals surface area (Å²) in [4.78, 5) is 18.9. The Hall–Kier alpha value is -2.91. The number of halogens is 3. The summed E-state index contributed by atoms with van der Waals surface area (Å²) in [6.45, 7) is 4.43. The maximum Gasteiger partial charge on any atom is 0.417 e. The van der Waals surface area contributed by atoms with Crippen LogP contribution in [0.1, 0.15) is 70.9 Å². The van der Waals surface area contributed by atoms with Gasteiger partial charge in [0.25, 0.3) is 11.6 Å². The zero-order chi connectivity index (χ0) is 22.6. The first-order chi connectivity index (χ1) is 15.2. The van der Waals surface area contributed by atoms with Crippen LogP contribution in [0.4, 0.5) is 13.2 Å². The van der Waals surface area contributed by atoms with Crippen molar-refractivity contribution in [3.05, 3.63) is 40.0 Å². The molecule has 0 spiro atoms. The SMILES string of the molecule is Cc1cc(C(F)(F)F)c2c(C3CCN(C(=O)c4noc5c4C[C@H](C)CC5)CC3)noc2n1. The number of rotatable bonds is 2. The highest BCUT2D eigenvalue weighted by Gasteiger charge is 2.38. The lowest BCUT2D eigenvalue weighted by atomic mass is 9.87. The maximum atomic E-state index is 13.6. The molecular formula is C22H23F3N4O3. The van der Waals surface area contributed by atoms with Crippen molar-refractivity contribution in [2.24, 2.45) is 5.92 Å². The number of piperidine rings is 1. The molecule has 4 heterocycles. The zero-order valence-electron chi connectivity index (χ0n) is 17.8. The van der Waals surface area contributed by atoms with Crippen LogP contribution in [-0.2, 0) is 19.0 Å². The molecular weight excluding hydrogens is 425 g/mol. The van der Waals surface area contributed by atoms with Crippen LogP contribution in [0.5, 0.6) is 0 Å². The molecule has 7 nitrogen and oxygen atoms in total. The molecule has 10 heteroatoms. The van der Waals surface area contributed by atoms with Crippen LogP contribution in [0.2, 0.25) is 0 Å². The van der Waals surface area contributed by atoms with E-state index in [9.17, 15) is 18.0 Å². The fourth-order valence-electron chi connectivity index (χ4n) is 4.85. The fraction of sp³-hybridized carbons (Fsp3) is 0.545. The van der Waals surface area contributed by atoms with Crippen LogP contribution < -0.4 is 0 Å². The van der Waals surface area contributed by atoms with Crippen molar-refractivity contribution in [3.8, 4) is 0 Å². The van der Waals surface area contributed by atoms with Crippen molar-refractivity contribution in [2.75, 3.05) is 13.1 Å². The highest BCUT2D eigenvalue weighted by atomic mass is 19.4. The monoisotopic (exact) mass is 448 g/mol. The molecule has 0 radical (unpaired) electrons. The average molecular weight is 448 g/mol. The third-order valence-electron chi connectivity index (χ3n) is 6.56. The van der Waals surface area contributed by atoms with Gasteiger partial charge in [-0.1, -0.05) is 17.2 Å². The summed E-state index contributed by atoms with van der Waals surface area (Å²) in [7, 11) is 0. The van der Waals surface area contributed by atoms with Gasteiger partial charge in [0.15, 0.2) is 5.69 Å². The van der Waals surface area contributed by atoms with Crippen molar-refractivity contribution in [1.29, 1.82) is 0 Å². The van der Waals surface area contributed by atoms with E-state index in [1.165, 1.54) is 6.92 Å². The molecule has 1 atom stereocenters. The molecule has 1 amide bonds. The molecule has 1 aliphatic heterocycles. The lowest BCUT2D eigenvalue weighted by Crippen LogP contribution is -2.38. The average Bonchev–Trinajstić information content (AvgIpc) is 3.36. The summed E-state index contributed by atoms with van der Waals surface area (Å²) in [5.41, 5.74) is 0.871. The van der Waals surface area contributed by atoms with Crippen molar-refractivity contribution >= 4 is 17.0 Å². The summed E-state index contributed by atoms with van der Waals surface area (Å²) in [5.74, 6) is 0.829. The summed E-state index contributed by atoms with van der Waals surface area (Å²) in [5, 5.41) is 7.91. The normalized spacial score (nSPS) is 20.0. The summed E-state index contributed by atoms with van der Waals surface area (Å²) in [6.07, 6.45) is -1.00. The fourth-order valence-corrected chi connectivity index (χ4v) is 4.85. The minimum absolute atomic E-state index is 0.0764. The molecule has 32 heavy (non-hydrogen) atoms. The van der Waals surface area contributed by atoms with Crippen LogP contribution in [0, 0.1) is 12.8 Å². The van der Waals surface area contributed by atoms with Crippen LogP contribution in [0.25, 0.3) is 11.1 Å². The predicted octanol–water partition coefficient (Wildman–Crippen LogP) is 4.68. The Morgan fingerprint density at radius 2 is 1.91 bits per heavy atom. The van der Waals surface area contributed by atoms with Crippen LogP contribution >= 0.6 is 0 Å². The Kier molecular flexibility index (Phi) is 4.98. The lowest BCUT2D eigenvalue weighted by Gasteiger charge is -2.31. The first-order valence-corrected chi connectivity index (χ1v) is 10.8. The second-order valence-corrected chi connectivity index (χ2v) is 8.90. The zero-order valence-corrected chi connectivity index (χ0v) is 17.8. The molecule has 0 N–H and O–H groups in total. The van der Waals surface area contributed by atoms with Gasteiger partial charge in [0.05, 0.1) is 16.6 Å². The van der Waals surface area contributed by atoms with E-state index in [1.807, 2.05) is 0 Å². The summed E-state index contributed by atoms with van der Waals surface area (Å²) < 4.78 is 51.5. The van der Waals surface area contributed by atoms with E-state index in [-0.39, 0.29) is 34.3 Å². The first kappa shape index (κ1) is 21.0. The van der Waals surface area contributed by atoms with Crippen molar-refractivity contribution in [3.63, 3.8) is 0 Å². The number of carbonyl (C=O) groups excluding carboxylic acids is 1. The van der Waals surface area contributed by atoms with Gasteiger partial charge in [-0.3, -0.25) is 4.79 Å². The Morgan fingerprint density at radius 3 is 2.62 bits per heavy atom. The van der Waals surface area contributed by atoms with Gasteiger partial charge >= 0.3 is 6.18 Å². The summed E-state index contributed by atoms with van der Waals surface area (Å²) in [6, 6.07) is 1.02. The van der Waals surface area contributed by atoms with Gasteiger partial charge in [-0.2, -0.15) is 13.2 Å². The Bertz CT molecular complexity index is 1180. The lowest BCUT2D eigenvalue weighted by molar-refractivity contribution is -0.136. The third kappa shape index (κ3) is 3.55. The van der Waals surface area contributed by atoms with Gasteiger partial charge in [0, 0.05) is 36.7 Å². The molecule has 1 fully saturated rings. The molecule has 0 unspecified atom stereocenters. The molecule has 3 aromatic rings. The van der Waals surface area contributed by atoms with Gasteiger partial charge in [0.2, 0.25) is 0 Å². The van der Waals surface area contributed by atoms with Gasteiger partial charge in [0.1, 0.15) is 5.76 Å². The van der Waals surface area contributed by atoms with E-state index in [4.69, 9.17) is 9.05 Å². The van der Waals surface area contributed by atoms with E-state index >= 15 is 0 Å². The Morgan fingerprint density at radius 1 is 1.16 bits per heavy atom. The number of amides is 1. The molecule has 170 valence electrons. The van der Waals surface area contributed by atoms with Crippen LogP contribution in [0.15, 0.2) is 15.1 Å². The predicted molar refractivity (Wildman–Crippen MR) is 107 cm³/mol. The minimum atomic E-state index is -4.54. The molecule has 5 rings (SSSR count). The Labute approximate surface area is 181 Å². The summed E-state index contributed by atoms with van der Waals surface area (Å²) >= 11 is 0. The van der Waals surface area contributed by atoms with Gasteiger partial charge in [-0.25, -0.2) is 4.98 Å². The van der Waals surface area contributed by atoms with Gasteiger partial charge in [-0.05, 0) is 44.6 Å². The molecule has 0 saturated carbocycles. The highest BCUT2D eigenvalue weighted by Crippen LogP contribution is 2.40. The van der Waals surface area contributed by atoms with Crippen molar-refractivity contribution < 1.29 is 27.0 Å². The number of fused-ring (bicyclic) bond motifs is 2. The van der Waals surface area contributed by atoms with Crippen molar-refractivity contribution in [1.82, 2.24) is 20.2 Å². The first-order valence-electron chi connectivity index (χ1n) is 10.8. The van der Waals surface area contributed by atoms with Gasteiger partial charge in [-0.15, -0.1) is 0 Å².